The molecule has 10 rings (SSSR count). The monoisotopic (exact) mass is 866 g/mol. The van der Waals surface area contributed by atoms with Crippen molar-refractivity contribution in [2.24, 2.45) is 5.92 Å². The highest BCUT2D eigenvalue weighted by Crippen LogP contribution is 2.40. The number of fused-ring (bicyclic) bond motifs is 6. The van der Waals surface area contributed by atoms with Crippen molar-refractivity contribution in [1.82, 2.24) is 44.6 Å². The maximum atomic E-state index is 13.6. The molecule has 0 radical (unpaired) electrons. The number of nitrogens with zero attached hydrogens (tertiary/aromatic N) is 8. The summed E-state index contributed by atoms with van der Waals surface area (Å²) in [7, 11) is 0. The lowest BCUT2D eigenvalue weighted by Gasteiger charge is -2.30. The van der Waals surface area contributed by atoms with Crippen LogP contribution in [0.2, 0.25) is 0 Å². The normalized spacial score (nSPS) is 20.8. The zero-order chi connectivity index (χ0) is 44.1. The number of aliphatic hydroxyl groups excluding tert-OH is 1. The number of nitrogens with one attached hydrogen (secondary N) is 2. The van der Waals surface area contributed by atoms with E-state index in [0.29, 0.717) is 72.3 Å². The second-order valence-corrected chi connectivity index (χ2v) is 17.9. The van der Waals surface area contributed by atoms with Crippen LogP contribution < -0.4 is 16.2 Å². The highest BCUT2D eigenvalue weighted by Gasteiger charge is 2.38. The Labute approximate surface area is 370 Å². The molecular formula is C48H54N10O6. The Balaban J connectivity index is 0.768. The van der Waals surface area contributed by atoms with Crippen molar-refractivity contribution < 1.29 is 24.3 Å². The first-order chi connectivity index (χ1) is 31.1. The maximum absolute atomic E-state index is 13.6. The Morgan fingerprint density at radius 3 is 2.70 bits per heavy atom. The molecule has 1 saturated heterocycles. The summed E-state index contributed by atoms with van der Waals surface area (Å²) in [6, 6.07) is 14.4. The van der Waals surface area contributed by atoms with Gasteiger partial charge in [-0.15, -0.1) is 6.58 Å². The zero-order valence-corrected chi connectivity index (χ0v) is 36.2. The number of hydrogen-bond donors (Lipinski definition) is 4. The summed E-state index contributed by atoms with van der Waals surface area (Å²) in [6.45, 7) is 11.3. The van der Waals surface area contributed by atoms with Gasteiger partial charge < -0.3 is 25.0 Å². The van der Waals surface area contributed by atoms with Crippen LogP contribution in [-0.2, 0) is 54.0 Å². The van der Waals surface area contributed by atoms with E-state index in [4.69, 9.17) is 14.5 Å². The molecular weight excluding hydrogens is 813 g/mol. The summed E-state index contributed by atoms with van der Waals surface area (Å²) in [5.74, 6) is 0.190. The predicted octanol–water partition coefficient (Wildman–Crippen LogP) is 4.57. The molecule has 0 bridgehead atoms. The lowest BCUT2D eigenvalue weighted by atomic mass is 9.92. The van der Waals surface area contributed by atoms with E-state index in [1.54, 1.807) is 21.6 Å². The Bertz CT molecular complexity index is 2870. The number of aryl methyl sites for hydroxylation is 1. The molecule has 6 heterocycles. The average molecular weight is 867 g/mol. The molecule has 4 aliphatic rings. The number of imide groups is 1. The van der Waals surface area contributed by atoms with Crippen molar-refractivity contribution >= 4 is 45.5 Å². The Morgan fingerprint density at radius 2 is 1.88 bits per heavy atom. The van der Waals surface area contributed by atoms with Crippen LogP contribution in [0.25, 0.3) is 27.8 Å². The number of aromatic nitrogens is 6. The first kappa shape index (κ1) is 41.9. The van der Waals surface area contributed by atoms with Gasteiger partial charge in [0.1, 0.15) is 16.7 Å². The highest BCUT2D eigenvalue weighted by molar-refractivity contribution is 6.02. The number of allylic oxidation sites excluding steroid dienone is 1. The number of amides is 2. The minimum absolute atomic E-state index is 0.103. The van der Waals surface area contributed by atoms with Gasteiger partial charge in [-0.05, 0) is 117 Å². The molecule has 4 N–H and O–H groups in total. The number of piperidine rings is 1. The number of anilines is 2. The van der Waals surface area contributed by atoms with Gasteiger partial charge in [-0.2, -0.15) is 4.98 Å². The highest BCUT2D eigenvalue weighted by atomic mass is 16.5. The summed E-state index contributed by atoms with van der Waals surface area (Å²) in [4.78, 5) is 57.1. The first-order valence-electron chi connectivity index (χ1n) is 22.6. The Hall–Kier alpha value is -6.07. The van der Waals surface area contributed by atoms with Crippen LogP contribution in [0.5, 0.6) is 0 Å². The van der Waals surface area contributed by atoms with Gasteiger partial charge in [0.2, 0.25) is 17.8 Å². The number of rotatable bonds is 15. The molecule has 2 amide bonds. The molecule has 2 unspecified atom stereocenters. The van der Waals surface area contributed by atoms with Crippen molar-refractivity contribution in [3.8, 4) is 5.82 Å². The largest absolute Gasteiger partial charge is 0.395 e. The predicted molar refractivity (Wildman–Crippen MR) is 241 cm³/mol. The summed E-state index contributed by atoms with van der Waals surface area (Å²) in [5, 5.41) is 32.6. The maximum Gasteiger partial charge on any atom is 0.278 e. The second kappa shape index (κ2) is 17.1. The van der Waals surface area contributed by atoms with E-state index in [0.717, 1.165) is 92.6 Å². The topological polar surface area (TPSA) is 197 Å². The van der Waals surface area contributed by atoms with Crippen LogP contribution in [0, 0.1) is 5.92 Å². The van der Waals surface area contributed by atoms with Gasteiger partial charge >= 0.3 is 0 Å². The average Bonchev–Trinajstić information content (AvgIpc) is 4.06. The fourth-order valence-electron chi connectivity index (χ4n) is 10.5. The van der Waals surface area contributed by atoms with Crippen LogP contribution >= 0.6 is 0 Å². The molecule has 0 saturated carbocycles. The molecule has 16 nitrogen and oxygen atoms in total. The van der Waals surface area contributed by atoms with Gasteiger partial charge in [-0.3, -0.25) is 24.6 Å². The van der Waals surface area contributed by atoms with Gasteiger partial charge in [-0.1, -0.05) is 36.4 Å². The van der Waals surface area contributed by atoms with Crippen LogP contribution in [-0.4, -0.2) is 101 Å². The lowest BCUT2D eigenvalue weighted by Crippen LogP contribution is -2.39. The van der Waals surface area contributed by atoms with Gasteiger partial charge in [0.15, 0.2) is 17.0 Å². The van der Waals surface area contributed by atoms with Gasteiger partial charge in [0, 0.05) is 55.4 Å². The standard InChI is InChI=1S/C48H54N10O6/c1-3-17-57-46(62)38-26-49-47(53-44(38)58(57)39-12-8-30-14-16-48(63,4-2)43(30)51-39)50-34-9-6-33-28-55(20-15-31(33)25-34)18-5-19-56(21-22-59)27-29-23-32-7-10-35-41(54-64-42(35)37(32)24-29)36-11-13-40(60)52-45(36)61/h3,6-10,12,25-26,29,36,59,63H,1,4-5,11,13-24,27-28H2,2H3,(H,49,50,53)(H,52,60,61)/t29?,36?,48-/m1/s1. The molecule has 3 atom stereocenters. The molecule has 64 heavy (non-hydrogen) atoms. The van der Waals surface area contributed by atoms with E-state index < -0.39 is 11.5 Å². The quantitative estimate of drug-likeness (QED) is 0.0829. The Morgan fingerprint density at radius 1 is 1.02 bits per heavy atom. The molecule has 332 valence electrons. The fraction of sp³-hybridized carbons (Fsp3) is 0.438. The third-order valence-electron chi connectivity index (χ3n) is 13.9. The molecule has 4 aromatic heterocycles. The van der Waals surface area contributed by atoms with Crippen molar-refractivity contribution in [3.05, 3.63) is 111 Å². The molecule has 16 heteroatoms. The summed E-state index contributed by atoms with van der Waals surface area (Å²) in [5.41, 5.74) is 8.02. The third kappa shape index (κ3) is 7.71. The molecule has 2 aromatic carbocycles. The van der Waals surface area contributed by atoms with Crippen molar-refractivity contribution in [1.29, 1.82) is 0 Å². The van der Waals surface area contributed by atoms with Crippen LogP contribution in [0.15, 0.2) is 70.6 Å². The number of carbonyl (C=O) groups excluding carboxylic acids is 2. The number of hydrogen-bond acceptors (Lipinski definition) is 13. The molecule has 2 aliphatic heterocycles. The van der Waals surface area contributed by atoms with Gasteiger partial charge in [0.05, 0.1) is 24.8 Å². The van der Waals surface area contributed by atoms with Crippen molar-refractivity contribution in [3.63, 3.8) is 0 Å². The molecule has 0 spiro atoms. The SMILES string of the molecule is C=CCn1c(=O)c2cnc(Nc3ccc4c(c3)CCN(CCCN(CCO)CC3Cc5ccc6c(C7CCC(=O)NC7=O)noc6c5C3)C4)nc2n1-c1ccc2c(n1)[C@@](O)(CC)CC2. The van der Waals surface area contributed by atoms with Crippen LogP contribution in [0.3, 0.4) is 0 Å². The van der Waals surface area contributed by atoms with E-state index in [-0.39, 0.29) is 30.5 Å². The minimum Gasteiger partial charge on any atom is -0.395 e. The van der Waals surface area contributed by atoms with E-state index in [2.05, 4.69) is 55.4 Å². The number of carbonyl (C=O) groups is 2. The molecule has 6 aromatic rings. The first-order valence-corrected chi connectivity index (χ1v) is 22.6. The fourth-order valence-corrected chi connectivity index (χ4v) is 10.5. The number of aliphatic hydroxyl groups is 2. The summed E-state index contributed by atoms with van der Waals surface area (Å²) >= 11 is 0. The van der Waals surface area contributed by atoms with Gasteiger partial charge in [0.25, 0.3) is 5.56 Å². The third-order valence-corrected chi connectivity index (χ3v) is 13.9. The summed E-state index contributed by atoms with van der Waals surface area (Å²) in [6.07, 6.45) is 9.53. The number of pyridine rings is 1. The summed E-state index contributed by atoms with van der Waals surface area (Å²) < 4.78 is 9.12. The second-order valence-electron chi connectivity index (χ2n) is 17.9. The van der Waals surface area contributed by atoms with Gasteiger partial charge in [-0.25, -0.2) is 19.3 Å². The smallest absolute Gasteiger partial charge is 0.278 e. The van der Waals surface area contributed by atoms with Crippen LogP contribution in [0.1, 0.15) is 84.2 Å². The number of benzene rings is 2. The van der Waals surface area contributed by atoms with Crippen molar-refractivity contribution in [2.75, 3.05) is 44.6 Å². The zero-order valence-electron chi connectivity index (χ0n) is 36.2. The minimum atomic E-state index is -1.00. The van der Waals surface area contributed by atoms with Crippen molar-refractivity contribution in [2.45, 2.75) is 89.3 Å². The molecule has 2 aliphatic carbocycles. The Kier molecular flexibility index (Phi) is 11.2. The van der Waals surface area contributed by atoms with E-state index in [1.165, 1.54) is 16.7 Å². The van der Waals surface area contributed by atoms with Crippen LogP contribution in [0.4, 0.5) is 11.6 Å². The van der Waals surface area contributed by atoms with E-state index in [1.807, 2.05) is 31.2 Å². The lowest BCUT2D eigenvalue weighted by molar-refractivity contribution is -0.134. The van der Waals surface area contributed by atoms with E-state index >= 15 is 0 Å². The molecule has 1 fully saturated rings. The van der Waals surface area contributed by atoms with E-state index in [9.17, 15) is 24.6 Å².